The van der Waals surface area contributed by atoms with E-state index in [-0.39, 0.29) is 24.0 Å². The number of unbranched alkanes of at least 4 members (excludes halogenated alkanes) is 3. The number of fused-ring (bicyclic) bond motifs is 2. The van der Waals surface area contributed by atoms with Gasteiger partial charge in [0.2, 0.25) is 0 Å². The van der Waals surface area contributed by atoms with Crippen molar-refractivity contribution in [3.63, 3.8) is 0 Å². The number of hydrogen-bond donors (Lipinski definition) is 0. The molecule has 41 heavy (non-hydrogen) atoms. The number of thiazole rings is 1. The maximum Gasteiger partial charge on any atom is 0.289 e. The molecule has 0 radical (unpaired) electrons. The van der Waals surface area contributed by atoms with Gasteiger partial charge in [0.05, 0.1) is 16.8 Å². The first kappa shape index (κ1) is 29.0. The van der Waals surface area contributed by atoms with E-state index in [9.17, 15) is 0 Å². The number of imidazole rings is 1. The molecule has 0 aliphatic heterocycles. The van der Waals surface area contributed by atoms with Crippen molar-refractivity contribution >= 4 is 44.4 Å². The summed E-state index contributed by atoms with van der Waals surface area (Å²) in [6.07, 6.45) is 9.31. The van der Waals surface area contributed by atoms with Crippen LogP contribution in [0, 0.1) is 0 Å². The number of benzene rings is 4. The highest BCUT2D eigenvalue weighted by Crippen LogP contribution is 2.32. The minimum Gasteiger partial charge on any atom is -1.00 e. The summed E-state index contributed by atoms with van der Waals surface area (Å²) in [5, 5.41) is 1.06. The predicted molar refractivity (Wildman–Crippen MR) is 170 cm³/mol. The molecule has 0 amide bonds. The zero-order chi connectivity index (χ0) is 27.3. The third kappa shape index (κ3) is 6.23. The van der Waals surface area contributed by atoms with Gasteiger partial charge in [0.15, 0.2) is 11.0 Å². The molecule has 0 unspecified atom stereocenters. The molecule has 0 N–H and O–H groups in total. The topological polar surface area (TPSA) is 24.9 Å². The van der Waals surface area contributed by atoms with Crippen LogP contribution in [0.1, 0.15) is 38.4 Å². The van der Waals surface area contributed by atoms with Crippen LogP contribution in [0.4, 0.5) is 5.69 Å². The fourth-order valence-electron chi connectivity index (χ4n) is 5.30. The molecule has 0 spiro atoms. The highest BCUT2D eigenvalue weighted by atomic mass is 127. The second kappa shape index (κ2) is 13.4. The Morgan fingerprint density at radius 3 is 2.34 bits per heavy atom. The van der Waals surface area contributed by atoms with E-state index in [1.807, 2.05) is 0 Å². The van der Waals surface area contributed by atoms with Crippen LogP contribution in [0.15, 0.2) is 109 Å². The Morgan fingerprint density at radius 2 is 1.59 bits per heavy atom. The van der Waals surface area contributed by atoms with Crippen LogP contribution in [-0.4, -0.2) is 16.6 Å². The molecule has 0 aliphatic rings. The summed E-state index contributed by atoms with van der Waals surface area (Å²) >= 11 is 1.76. The number of aromatic nitrogens is 3. The van der Waals surface area contributed by atoms with Gasteiger partial charge in [-0.25, -0.2) is 9.55 Å². The van der Waals surface area contributed by atoms with E-state index in [0.29, 0.717) is 0 Å². The zero-order valence-corrected chi connectivity index (χ0v) is 26.6. The van der Waals surface area contributed by atoms with E-state index >= 15 is 0 Å². The van der Waals surface area contributed by atoms with Crippen molar-refractivity contribution in [3.05, 3.63) is 115 Å². The molecule has 6 aromatic rings. The van der Waals surface area contributed by atoms with Gasteiger partial charge in [0.25, 0.3) is 5.82 Å². The Balaban J connectivity index is 0.00000337. The summed E-state index contributed by atoms with van der Waals surface area (Å²) in [7, 11) is 2.11. The Labute approximate surface area is 263 Å². The largest absolute Gasteiger partial charge is 1.00 e. The van der Waals surface area contributed by atoms with E-state index in [2.05, 4.69) is 143 Å². The molecule has 208 valence electrons. The van der Waals surface area contributed by atoms with Crippen molar-refractivity contribution in [1.29, 1.82) is 0 Å². The highest BCUT2D eigenvalue weighted by molar-refractivity contribution is 7.21. The lowest BCUT2D eigenvalue weighted by atomic mass is 10.2. The molecule has 4 nitrogen and oxygen atoms in total. The van der Waals surface area contributed by atoms with E-state index in [4.69, 9.17) is 4.98 Å². The van der Waals surface area contributed by atoms with Gasteiger partial charge in [-0.05, 0) is 67.4 Å². The number of aryl methyl sites for hydroxylation is 1. The van der Waals surface area contributed by atoms with E-state index in [0.717, 1.165) is 40.4 Å². The summed E-state index contributed by atoms with van der Waals surface area (Å²) in [5.74, 6) is 1.17. The molecular weight excluding hydrogens is 635 g/mol. The molecule has 0 saturated carbocycles. The zero-order valence-electron chi connectivity index (χ0n) is 23.6. The van der Waals surface area contributed by atoms with E-state index < -0.39 is 0 Å². The lowest BCUT2D eigenvalue weighted by Gasteiger charge is -2.13. The Hall–Kier alpha value is -3.49. The van der Waals surface area contributed by atoms with Crippen LogP contribution in [0.2, 0.25) is 0 Å². The summed E-state index contributed by atoms with van der Waals surface area (Å²) in [6.45, 7) is 3.24. The fourth-order valence-corrected chi connectivity index (χ4v) is 6.26. The van der Waals surface area contributed by atoms with E-state index in [1.54, 1.807) is 11.3 Å². The van der Waals surface area contributed by atoms with Crippen LogP contribution in [0.3, 0.4) is 0 Å². The summed E-state index contributed by atoms with van der Waals surface area (Å²) in [5.41, 5.74) is 6.98. The van der Waals surface area contributed by atoms with Gasteiger partial charge in [0.1, 0.15) is 10.7 Å². The monoisotopic (exact) mass is 670 g/mol. The van der Waals surface area contributed by atoms with Crippen molar-refractivity contribution in [1.82, 2.24) is 9.55 Å². The van der Waals surface area contributed by atoms with E-state index in [1.165, 1.54) is 40.8 Å². The van der Waals surface area contributed by atoms with Gasteiger partial charge in [-0.2, -0.15) is 4.57 Å². The van der Waals surface area contributed by atoms with Crippen molar-refractivity contribution in [3.8, 4) is 16.3 Å². The molecule has 2 heterocycles. The van der Waals surface area contributed by atoms with Gasteiger partial charge < -0.3 is 28.9 Å². The summed E-state index contributed by atoms with van der Waals surface area (Å²) in [4.78, 5) is 7.15. The fraction of sp³-hybridized carbons (Fsp3) is 0.200. The lowest BCUT2D eigenvalue weighted by Crippen LogP contribution is -3.00. The SMILES string of the molecule is CCCCCC[n+]1c(/C=C/N(C)c2ccccc2)n(-c2ccccc2)c2ccc(-c3nc4ccccc4s3)cc21.[I-]. The molecule has 0 fully saturated rings. The van der Waals surface area contributed by atoms with Gasteiger partial charge in [0, 0.05) is 30.6 Å². The van der Waals surface area contributed by atoms with Crippen LogP contribution < -0.4 is 33.4 Å². The predicted octanol–water partition coefficient (Wildman–Crippen LogP) is 5.89. The minimum atomic E-state index is 0. The average Bonchev–Trinajstić information content (AvgIpc) is 3.58. The second-order valence-corrected chi connectivity index (χ2v) is 11.2. The van der Waals surface area contributed by atoms with Crippen LogP contribution in [0.5, 0.6) is 0 Å². The van der Waals surface area contributed by atoms with Gasteiger partial charge in [-0.3, -0.25) is 0 Å². The molecule has 6 rings (SSSR count). The maximum absolute atomic E-state index is 4.97. The standard InChI is InChI=1S/C35H35N4S.HI/c1-3-4-5-14-24-38-32-26-27(35-36-30-19-12-13-20-33(30)40-35)21-22-31(32)39(29-17-10-7-11-18-29)34(38)23-25-37(2)28-15-8-6-9-16-28;/h6-13,15-23,25-26H,3-5,14,24H2,1-2H3;1H/q+1;/p-1. The quantitative estimate of drug-likeness (QED) is 0.103. The normalized spacial score (nSPS) is 11.4. The third-order valence-corrected chi connectivity index (χ3v) is 8.50. The first-order valence-corrected chi connectivity index (χ1v) is 15.0. The van der Waals surface area contributed by atoms with Crippen LogP contribution in [0.25, 0.3) is 43.6 Å². The van der Waals surface area contributed by atoms with Gasteiger partial charge in [-0.15, -0.1) is 11.3 Å². The maximum atomic E-state index is 4.97. The minimum absolute atomic E-state index is 0. The van der Waals surface area contributed by atoms with Gasteiger partial charge >= 0.3 is 0 Å². The number of halogens is 1. The summed E-state index contributed by atoms with van der Waals surface area (Å²) in [6, 6.07) is 36.4. The molecule has 2 aromatic heterocycles. The smallest absolute Gasteiger partial charge is 0.289 e. The molecule has 4 aromatic carbocycles. The molecule has 0 bridgehead atoms. The lowest BCUT2D eigenvalue weighted by molar-refractivity contribution is -0.674. The molecular formula is C35H35IN4S. The number of para-hydroxylation sites is 3. The Kier molecular flexibility index (Phi) is 9.52. The summed E-state index contributed by atoms with van der Waals surface area (Å²) < 4.78 is 6.12. The first-order valence-electron chi connectivity index (χ1n) is 14.2. The van der Waals surface area contributed by atoms with Crippen molar-refractivity contribution in [2.75, 3.05) is 11.9 Å². The van der Waals surface area contributed by atoms with Crippen molar-refractivity contribution in [2.45, 2.75) is 39.2 Å². The molecule has 0 saturated heterocycles. The van der Waals surface area contributed by atoms with Gasteiger partial charge in [-0.1, -0.05) is 68.3 Å². The van der Waals surface area contributed by atoms with Crippen molar-refractivity contribution in [2.24, 2.45) is 0 Å². The third-order valence-electron chi connectivity index (χ3n) is 7.41. The first-order chi connectivity index (χ1) is 19.7. The van der Waals surface area contributed by atoms with Crippen molar-refractivity contribution < 1.29 is 28.5 Å². The Morgan fingerprint density at radius 1 is 0.854 bits per heavy atom. The molecule has 0 atom stereocenters. The average molecular weight is 671 g/mol. The number of hydrogen-bond acceptors (Lipinski definition) is 3. The molecule has 0 aliphatic carbocycles. The second-order valence-electron chi connectivity index (χ2n) is 10.2. The number of nitrogens with zero attached hydrogens (tertiary/aromatic N) is 4. The van der Waals surface area contributed by atoms with Crippen LogP contribution >= 0.6 is 11.3 Å². The number of rotatable bonds is 10. The highest BCUT2D eigenvalue weighted by Gasteiger charge is 2.25. The Bertz CT molecular complexity index is 1720. The number of anilines is 1. The molecule has 6 heteroatoms. The van der Waals surface area contributed by atoms with Crippen LogP contribution in [-0.2, 0) is 6.54 Å².